The van der Waals surface area contributed by atoms with Gasteiger partial charge in [-0.2, -0.15) is 0 Å². The summed E-state index contributed by atoms with van der Waals surface area (Å²) in [4.78, 5) is 3.97. The summed E-state index contributed by atoms with van der Waals surface area (Å²) in [6.45, 7) is 0.305. The van der Waals surface area contributed by atoms with Crippen LogP contribution in [0.3, 0.4) is 0 Å². The molecule has 0 radical (unpaired) electrons. The molecule has 0 aromatic heterocycles. The van der Waals surface area contributed by atoms with Crippen molar-refractivity contribution in [1.82, 2.24) is 0 Å². The molecule has 74 valence electrons. The summed E-state index contributed by atoms with van der Waals surface area (Å²) in [6, 6.07) is 4.51. The Balaban J connectivity index is 2.36. The zero-order valence-electron chi connectivity index (χ0n) is 7.21. The van der Waals surface area contributed by atoms with Crippen LogP contribution in [0.25, 0.3) is 0 Å². The second-order valence-corrected chi connectivity index (χ2v) is 3.88. The summed E-state index contributed by atoms with van der Waals surface area (Å²) in [7, 11) is 0. The summed E-state index contributed by atoms with van der Waals surface area (Å²) >= 11 is 3.27. The molecule has 1 aromatic carbocycles. The van der Waals surface area contributed by atoms with E-state index in [1.807, 2.05) is 0 Å². The summed E-state index contributed by atoms with van der Waals surface area (Å²) in [5.41, 5.74) is 5.84. The molecule has 0 fully saturated rings. The van der Waals surface area contributed by atoms with E-state index < -0.39 is 0 Å². The van der Waals surface area contributed by atoms with Crippen molar-refractivity contribution >= 4 is 22.0 Å². The molecule has 1 aliphatic heterocycles. The van der Waals surface area contributed by atoms with Crippen molar-refractivity contribution < 1.29 is 9.13 Å². The minimum absolute atomic E-state index is 0.120. The molecule has 1 unspecified atom stereocenters. The van der Waals surface area contributed by atoms with Crippen LogP contribution in [0.2, 0.25) is 0 Å². The predicted molar refractivity (Wildman–Crippen MR) is 54.4 cm³/mol. The minimum atomic E-state index is -0.326. The van der Waals surface area contributed by atoms with Gasteiger partial charge in [-0.05, 0) is 18.2 Å². The van der Waals surface area contributed by atoms with Crippen molar-refractivity contribution in [3.63, 3.8) is 0 Å². The van der Waals surface area contributed by atoms with Crippen molar-refractivity contribution in [2.24, 2.45) is 10.7 Å². The Kier molecular flexibility index (Phi) is 2.41. The lowest BCUT2D eigenvalue weighted by atomic mass is 10.1. The molecule has 1 heterocycles. The van der Waals surface area contributed by atoms with Crippen LogP contribution in [0.15, 0.2) is 27.7 Å². The average Bonchev–Trinajstić information content (AvgIpc) is 2.56. The van der Waals surface area contributed by atoms with Gasteiger partial charge in [-0.15, -0.1) is 0 Å². The number of halogens is 2. The van der Waals surface area contributed by atoms with E-state index in [0.29, 0.717) is 12.2 Å². The molecule has 0 aliphatic carbocycles. The molecule has 0 saturated heterocycles. The van der Waals surface area contributed by atoms with E-state index in [1.54, 1.807) is 12.1 Å². The Morgan fingerprint density at radius 1 is 1.57 bits per heavy atom. The minimum Gasteiger partial charge on any atom is -0.463 e. The smallest absolute Gasteiger partial charge is 0.282 e. The Labute approximate surface area is 88.9 Å². The number of benzene rings is 1. The monoisotopic (exact) mass is 258 g/mol. The van der Waals surface area contributed by atoms with Gasteiger partial charge in [0.1, 0.15) is 18.5 Å². The molecule has 3 nitrogen and oxygen atoms in total. The Morgan fingerprint density at radius 2 is 2.36 bits per heavy atom. The van der Waals surface area contributed by atoms with Gasteiger partial charge in [-0.3, -0.25) is 0 Å². The zero-order valence-corrected chi connectivity index (χ0v) is 8.79. The van der Waals surface area contributed by atoms with Crippen molar-refractivity contribution in [1.29, 1.82) is 0 Å². The third-order valence-corrected chi connectivity index (χ3v) is 2.48. The summed E-state index contributed by atoms with van der Waals surface area (Å²) < 4.78 is 19.1. The predicted octanol–water partition coefficient (Wildman–Crippen LogP) is 1.97. The Hall–Kier alpha value is -1.10. The zero-order chi connectivity index (χ0) is 10.1. The van der Waals surface area contributed by atoms with Gasteiger partial charge >= 0.3 is 0 Å². The Bertz CT molecular complexity index is 394. The van der Waals surface area contributed by atoms with Crippen molar-refractivity contribution in [3.05, 3.63) is 34.1 Å². The summed E-state index contributed by atoms with van der Waals surface area (Å²) in [5.74, 6) is -0.291. The van der Waals surface area contributed by atoms with E-state index in [4.69, 9.17) is 10.5 Å². The molecule has 0 bridgehead atoms. The lowest BCUT2D eigenvalue weighted by Crippen LogP contribution is -2.10. The first-order chi connectivity index (χ1) is 6.66. The quantitative estimate of drug-likeness (QED) is 0.838. The lowest BCUT2D eigenvalue weighted by Gasteiger charge is -2.06. The molecule has 1 aromatic rings. The third kappa shape index (κ3) is 1.72. The van der Waals surface area contributed by atoms with Gasteiger partial charge in [0.25, 0.3) is 6.02 Å². The van der Waals surface area contributed by atoms with E-state index in [1.165, 1.54) is 6.07 Å². The van der Waals surface area contributed by atoms with Crippen molar-refractivity contribution in [2.45, 2.75) is 6.04 Å². The SMILES string of the molecule is NC1=NC(c2cc(Br)ccc2F)CO1. The van der Waals surface area contributed by atoms with Gasteiger partial charge in [0.15, 0.2) is 0 Å². The second-order valence-electron chi connectivity index (χ2n) is 2.96. The Morgan fingerprint density at radius 3 is 3.00 bits per heavy atom. The molecule has 5 heteroatoms. The fourth-order valence-corrected chi connectivity index (χ4v) is 1.70. The lowest BCUT2D eigenvalue weighted by molar-refractivity contribution is 0.312. The van der Waals surface area contributed by atoms with Gasteiger partial charge in [-0.1, -0.05) is 15.9 Å². The molecule has 2 rings (SSSR count). The summed E-state index contributed by atoms with van der Waals surface area (Å²) in [5, 5.41) is 0. The first-order valence-electron chi connectivity index (χ1n) is 4.08. The molecule has 1 atom stereocenters. The number of rotatable bonds is 1. The highest BCUT2D eigenvalue weighted by atomic mass is 79.9. The highest BCUT2D eigenvalue weighted by molar-refractivity contribution is 9.10. The number of aliphatic imine (C=N–C) groups is 1. The van der Waals surface area contributed by atoms with Gasteiger partial charge in [-0.25, -0.2) is 9.38 Å². The highest BCUT2D eigenvalue weighted by Crippen LogP contribution is 2.27. The average molecular weight is 259 g/mol. The van der Waals surface area contributed by atoms with Gasteiger partial charge in [0, 0.05) is 10.0 Å². The van der Waals surface area contributed by atoms with Crippen LogP contribution in [-0.4, -0.2) is 12.6 Å². The maximum absolute atomic E-state index is 13.4. The van der Waals surface area contributed by atoms with E-state index in [0.717, 1.165) is 4.47 Å². The standard InChI is InChI=1S/C9H8BrFN2O/c10-5-1-2-7(11)6(3-5)8-4-14-9(12)13-8/h1-3,8H,4H2,(H2,12,13). The fourth-order valence-electron chi connectivity index (χ4n) is 1.32. The number of hydrogen-bond donors (Lipinski definition) is 1. The molecular weight excluding hydrogens is 251 g/mol. The molecule has 1 aliphatic rings. The van der Waals surface area contributed by atoms with E-state index in [9.17, 15) is 4.39 Å². The normalized spacial score (nSPS) is 20.4. The van der Waals surface area contributed by atoms with Crippen molar-refractivity contribution in [2.75, 3.05) is 6.61 Å². The second kappa shape index (κ2) is 3.57. The van der Waals surface area contributed by atoms with Crippen molar-refractivity contribution in [3.8, 4) is 0 Å². The maximum atomic E-state index is 13.4. The molecule has 14 heavy (non-hydrogen) atoms. The van der Waals surface area contributed by atoms with E-state index in [-0.39, 0.29) is 17.9 Å². The molecule has 0 amide bonds. The molecule has 2 N–H and O–H groups in total. The molecule has 0 spiro atoms. The first kappa shape index (κ1) is 9.45. The first-order valence-corrected chi connectivity index (χ1v) is 4.87. The third-order valence-electron chi connectivity index (χ3n) is 1.99. The fraction of sp³-hybridized carbons (Fsp3) is 0.222. The van der Waals surface area contributed by atoms with Gasteiger partial charge in [0.2, 0.25) is 0 Å². The number of nitrogens with zero attached hydrogens (tertiary/aromatic N) is 1. The number of ether oxygens (including phenoxy) is 1. The van der Waals surface area contributed by atoms with Crippen LogP contribution in [0.4, 0.5) is 4.39 Å². The number of amidine groups is 1. The largest absolute Gasteiger partial charge is 0.463 e. The van der Waals surface area contributed by atoms with E-state index >= 15 is 0 Å². The van der Waals surface area contributed by atoms with Crippen LogP contribution < -0.4 is 5.73 Å². The van der Waals surface area contributed by atoms with Gasteiger partial charge in [0.05, 0.1) is 0 Å². The highest BCUT2D eigenvalue weighted by Gasteiger charge is 2.21. The van der Waals surface area contributed by atoms with Crippen LogP contribution >= 0.6 is 15.9 Å². The topological polar surface area (TPSA) is 47.6 Å². The van der Waals surface area contributed by atoms with Crippen LogP contribution in [0.5, 0.6) is 0 Å². The summed E-state index contributed by atoms with van der Waals surface area (Å²) in [6.07, 6.45) is 0. The van der Waals surface area contributed by atoms with Gasteiger partial charge < -0.3 is 10.5 Å². The molecular formula is C9H8BrFN2O. The van der Waals surface area contributed by atoms with Crippen LogP contribution in [-0.2, 0) is 4.74 Å². The maximum Gasteiger partial charge on any atom is 0.282 e. The van der Waals surface area contributed by atoms with E-state index in [2.05, 4.69) is 20.9 Å². The van der Waals surface area contributed by atoms with Crippen LogP contribution in [0.1, 0.15) is 11.6 Å². The number of nitrogens with two attached hydrogens (primary N) is 1. The number of hydrogen-bond acceptors (Lipinski definition) is 3. The molecule has 0 saturated carbocycles. The van der Waals surface area contributed by atoms with Crippen LogP contribution in [0, 0.1) is 5.82 Å².